The highest BCUT2D eigenvalue weighted by Crippen LogP contribution is 2.35. The highest BCUT2D eigenvalue weighted by atomic mass is 31.2. The van der Waals surface area contributed by atoms with Crippen LogP contribution in [0.2, 0.25) is 0 Å². The van der Waals surface area contributed by atoms with Crippen molar-refractivity contribution >= 4 is 19.8 Å². The van der Waals surface area contributed by atoms with E-state index in [4.69, 9.17) is 19.3 Å². The van der Waals surface area contributed by atoms with Gasteiger partial charge in [-0.1, -0.05) is 109 Å². The summed E-state index contributed by atoms with van der Waals surface area (Å²) in [7, 11) is -4.73. The van der Waals surface area contributed by atoms with Crippen LogP contribution in [-0.2, 0) is 28.2 Å². The molecule has 0 aliphatic carbocycles. The molecule has 39 heavy (non-hydrogen) atoms. The number of rotatable bonds is 28. The summed E-state index contributed by atoms with van der Waals surface area (Å²) >= 11 is 0. The maximum absolute atomic E-state index is 12.2. The van der Waals surface area contributed by atoms with Gasteiger partial charge in [-0.2, -0.15) is 0 Å². The molecule has 230 valence electrons. The number of ether oxygens (including phenoxy) is 2. The summed E-state index contributed by atoms with van der Waals surface area (Å²) in [5.74, 6) is -0.898. The Morgan fingerprint density at radius 3 is 1.62 bits per heavy atom. The molecule has 0 radical (unpaired) electrons. The zero-order chi connectivity index (χ0) is 29.0. The summed E-state index contributed by atoms with van der Waals surface area (Å²) in [5.41, 5.74) is 0. The minimum Gasteiger partial charge on any atom is -0.462 e. The van der Waals surface area contributed by atoms with E-state index in [1.807, 2.05) is 0 Å². The summed E-state index contributed by atoms with van der Waals surface area (Å²) in [4.78, 5) is 42.3. The molecule has 1 atom stereocenters. The molecule has 9 heteroatoms. The van der Waals surface area contributed by atoms with Crippen molar-refractivity contribution in [3.8, 4) is 0 Å². The summed E-state index contributed by atoms with van der Waals surface area (Å²) in [6, 6.07) is 0. The SMILES string of the molecule is CCCCC/C=C/CCCCCCCC(=O)O[C@H](COC(=O)CCCCCCCCCCC)COP(=O)(O)O. The number of carbonyl (C=O) groups excluding carboxylic acids is 2. The van der Waals surface area contributed by atoms with Crippen LogP contribution in [0.5, 0.6) is 0 Å². The van der Waals surface area contributed by atoms with Gasteiger partial charge in [0.25, 0.3) is 0 Å². The lowest BCUT2D eigenvalue weighted by molar-refractivity contribution is -0.161. The van der Waals surface area contributed by atoms with Crippen molar-refractivity contribution in [2.45, 2.75) is 155 Å². The van der Waals surface area contributed by atoms with Crippen LogP contribution in [0, 0.1) is 0 Å². The zero-order valence-electron chi connectivity index (χ0n) is 24.8. The van der Waals surface area contributed by atoms with E-state index in [1.54, 1.807) is 0 Å². The van der Waals surface area contributed by atoms with E-state index in [-0.39, 0.29) is 19.4 Å². The highest BCUT2D eigenvalue weighted by Gasteiger charge is 2.22. The van der Waals surface area contributed by atoms with Gasteiger partial charge in [-0.3, -0.25) is 14.1 Å². The quantitative estimate of drug-likeness (QED) is 0.0413. The Balaban J connectivity index is 4.07. The number of esters is 2. The number of hydrogen-bond donors (Lipinski definition) is 2. The second kappa shape index (κ2) is 27.0. The lowest BCUT2D eigenvalue weighted by Crippen LogP contribution is -2.29. The number of carbonyl (C=O) groups is 2. The standard InChI is InChI=1S/C30H57O8P/c1-3-5-7-9-11-13-14-15-17-19-21-23-25-30(32)38-28(27-37-39(33,34)35)26-36-29(31)24-22-20-18-16-12-10-8-6-4-2/h11,13,28H,3-10,12,14-27H2,1-2H3,(H2,33,34,35)/b13-11+/t28-/m1/s1. The number of phosphoric acid groups is 1. The van der Waals surface area contributed by atoms with E-state index in [0.717, 1.165) is 57.8 Å². The van der Waals surface area contributed by atoms with E-state index in [0.29, 0.717) is 6.42 Å². The first-order valence-corrected chi connectivity index (χ1v) is 17.0. The van der Waals surface area contributed by atoms with Crippen molar-refractivity contribution in [3.05, 3.63) is 12.2 Å². The Morgan fingerprint density at radius 1 is 0.641 bits per heavy atom. The van der Waals surface area contributed by atoms with Crippen molar-refractivity contribution in [1.82, 2.24) is 0 Å². The number of allylic oxidation sites excluding steroid dienone is 2. The fourth-order valence-corrected chi connectivity index (χ4v) is 4.55. The van der Waals surface area contributed by atoms with Crippen molar-refractivity contribution in [2.75, 3.05) is 13.2 Å². The van der Waals surface area contributed by atoms with Crippen molar-refractivity contribution in [3.63, 3.8) is 0 Å². The van der Waals surface area contributed by atoms with Crippen LogP contribution in [0.4, 0.5) is 0 Å². The minimum absolute atomic E-state index is 0.204. The Bertz CT molecular complexity index is 661. The predicted molar refractivity (Wildman–Crippen MR) is 156 cm³/mol. The molecule has 0 amide bonds. The van der Waals surface area contributed by atoms with Crippen LogP contribution >= 0.6 is 7.82 Å². The van der Waals surface area contributed by atoms with Gasteiger partial charge in [-0.25, -0.2) is 4.57 Å². The number of unbranched alkanes of at least 4 members (excludes halogenated alkanes) is 16. The smallest absolute Gasteiger partial charge is 0.462 e. The van der Waals surface area contributed by atoms with Gasteiger partial charge in [0, 0.05) is 12.8 Å². The highest BCUT2D eigenvalue weighted by molar-refractivity contribution is 7.46. The van der Waals surface area contributed by atoms with Crippen molar-refractivity contribution in [1.29, 1.82) is 0 Å². The Morgan fingerprint density at radius 2 is 1.08 bits per heavy atom. The van der Waals surface area contributed by atoms with Gasteiger partial charge in [-0.15, -0.1) is 0 Å². The summed E-state index contributed by atoms with van der Waals surface area (Å²) in [6.07, 6.45) is 25.1. The Labute approximate surface area is 237 Å². The third-order valence-corrected chi connectivity index (χ3v) is 7.02. The molecule has 0 fully saturated rings. The van der Waals surface area contributed by atoms with Crippen LogP contribution in [0.15, 0.2) is 12.2 Å². The predicted octanol–water partition coefficient (Wildman–Crippen LogP) is 8.34. The number of phosphoric ester groups is 1. The molecule has 0 bridgehead atoms. The third-order valence-electron chi connectivity index (χ3n) is 6.53. The topological polar surface area (TPSA) is 119 Å². The molecule has 0 unspecified atom stereocenters. The molecule has 0 spiro atoms. The van der Waals surface area contributed by atoms with Gasteiger partial charge in [0.05, 0.1) is 6.61 Å². The van der Waals surface area contributed by atoms with Crippen molar-refractivity contribution in [2.24, 2.45) is 0 Å². The van der Waals surface area contributed by atoms with E-state index in [1.165, 1.54) is 57.8 Å². The summed E-state index contributed by atoms with van der Waals surface area (Å²) < 4.78 is 26.1. The molecule has 0 heterocycles. The third kappa shape index (κ3) is 29.6. The first kappa shape index (κ1) is 37.8. The molecule has 0 aliphatic heterocycles. The molecule has 0 aromatic heterocycles. The van der Waals surface area contributed by atoms with Crippen LogP contribution in [0.25, 0.3) is 0 Å². The van der Waals surface area contributed by atoms with E-state index in [9.17, 15) is 14.2 Å². The second-order valence-corrected chi connectivity index (χ2v) is 11.7. The maximum Gasteiger partial charge on any atom is 0.469 e. The average molecular weight is 577 g/mol. The second-order valence-electron chi connectivity index (χ2n) is 10.4. The molecule has 2 N–H and O–H groups in total. The molecule has 0 aromatic carbocycles. The van der Waals surface area contributed by atoms with Crippen LogP contribution in [-0.4, -0.2) is 41.0 Å². The monoisotopic (exact) mass is 576 g/mol. The normalized spacial score (nSPS) is 12.6. The van der Waals surface area contributed by atoms with Crippen LogP contribution < -0.4 is 0 Å². The summed E-state index contributed by atoms with van der Waals surface area (Å²) in [5, 5.41) is 0. The van der Waals surface area contributed by atoms with Gasteiger partial charge in [0.1, 0.15) is 6.61 Å². The first-order valence-electron chi connectivity index (χ1n) is 15.5. The molecule has 0 aliphatic rings. The fourth-order valence-electron chi connectivity index (χ4n) is 4.19. The van der Waals surface area contributed by atoms with E-state index < -0.39 is 32.5 Å². The lowest BCUT2D eigenvalue weighted by Gasteiger charge is -2.18. The number of hydrogen-bond acceptors (Lipinski definition) is 6. The van der Waals surface area contributed by atoms with Gasteiger partial charge < -0.3 is 19.3 Å². The molecule has 0 saturated heterocycles. The van der Waals surface area contributed by atoms with Gasteiger partial charge in [0.15, 0.2) is 6.10 Å². The summed E-state index contributed by atoms with van der Waals surface area (Å²) in [6.45, 7) is 3.59. The Kier molecular flexibility index (Phi) is 26.1. The van der Waals surface area contributed by atoms with E-state index >= 15 is 0 Å². The van der Waals surface area contributed by atoms with Crippen LogP contribution in [0.3, 0.4) is 0 Å². The Hall–Kier alpha value is -1.21. The first-order chi connectivity index (χ1) is 18.8. The van der Waals surface area contributed by atoms with E-state index in [2.05, 4.69) is 30.5 Å². The largest absolute Gasteiger partial charge is 0.469 e. The molecular weight excluding hydrogens is 519 g/mol. The van der Waals surface area contributed by atoms with Gasteiger partial charge in [-0.05, 0) is 38.5 Å². The molecule has 0 saturated carbocycles. The fraction of sp³-hybridized carbons (Fsp3) is 0.867. The lowest BCUT2D eigenvalue weighted by atomic mass is 10.1. The molecule has 0 rings (SSSR count). The maximum atomic E-state index is 12.2. The van der Waals surface area contributed by atoms with Gasteiger partial charge in [0.2, 0.25) is 0 Å². The van der Waals surface area contributed by atoms with Gasteiger partial charge >= 0.3 is 19.8 Å². The van der Waals surface area contributed by atoms with Crippen molar-refractivity contribution < 1.29 is 37.9 Å². The molecule has 0 aromatic rings. The molecular formula is C30H57O8P. The van der Waals surface area contributed by atoms with Crippen LogP contribution in [0.1, 0.15) is 149 Å². The minimum atomic E-state index is -4.73. The molecule has 8 nitrogen and oxygen atoms in total. The average Bonchev–Trinajstić information content (AvgIpc) is 2.89. The zero-order valence-corrected chi connectivity index (χ0v) is 25.7.